The Labute approximate surface area is 124 Å². The first-order valence-corrected chi connectivity index (χ1v) is 9.38. The molecule has 6 heteroatoms. The Morgan fingerprint density at radius 2 is 1.85 bits per heavy atom. The van der Waals surface area contributed by atoms with E-state index in [1.54, 1.807) is 7.05 Å². The zero-order chi connectivity index (χ0) is 15.6. The molecule has 0 aromatic heterocycles. The van der Waals surface area contributed by atoms with E-state index in [1.165, 1.54) is 31.9 Å². The summed E-state index contributed by atoms with van der Waals surface area (Å²) < 4.78 is 22.1. The molecule has 0 aromatic carbocycles. The SMILES string of the molecule is CCCCCC(C)(C)CNC(=NC)NCCS(C)(=O)=O. The normalized spacial score (nSPS) is 13.3. The Bertz CT molecular complexity index is 389. The van der Waals surface area contributed by atoms with E-state index in [0.717, 1.165) is 6.54 Å². The number of hydrogen-bond donors (Lipinski definition) is 2. The first-order valence-electron chi connectivity index (χ1n) is 7.32. The highest BCUT2D eigenvalue weighted by atomic mass is 32.2. The molecular weight excluding hydrogens is 274 g/mol. The molecule has 0 atom stereocenters. The molecular formula is C14H31N3O2S. The van der Waals surface area contributed by atoms with Crippen LogP contribution in [0.25, 0.3) is 0 Å². The average Bonchev–Trinajstić information content (AvgIpc) is 2.32. The maximum absolute atomic E-state index is 11.1. The fraction of sp³-hybridized carbons (Fsp3) is 0.929. The lowest BCUT2D eigenvalue weighted by molar-refractivity contribution is 0.318. The van der Waals surface area contributed by atoms with Gasteiger partial charge in [-0.2, -0.15) is 0 Å². The highest BCUT2D eigenvalue weighted by Gasteiger charge is 2.17. The predicted molar refractivity (Wildman–Crippen MR) is 87.0 cm³/mol. The van der Waals surface area contributed by atoms with Crippen molar-refractivity contribution < 1.29 is 8.42 Å². The Morgan fingerprint density at radius 3 is 2.35 bits per heavy atom. The lowest BCUT2D eigenvalue weighted by Crippen LogP contribution is -2.43. The number of unbranched alkanes of at least 4 members (excludes halogenated alkanes) is 2. The van der Waals surface area contributed by atoms with Gasteiger partial charge >= 0.3 is 0 Å². The average molecular weight is 305 g/mol. The Hall–Kier alpha value is -0.780. The monoisotopic (exact) mass is 305 g/mol. The molecule has 0 unspecified atom stereocenters. The lowest BCUT2D eigenvalue weighted by atomic mass is 9.87. The van der Waals surface area contributed by atoms with E-state index in [9.17, 15) is 8.42 Å². The highest BCUT2D eigenvalue weighted by Crippen LogP contribution is 2.22. The van der Waals surface area contributed by atoms with Gasteiger partial charge in [0, 0.05) is 26.4 Å². The number of guanidine groups is 1. The summed E-state index contributed by atoms with van der Waals surface area (Å²) in [5.74, 6) is 0.783. The predicted octanol–water partition coefficient (Wildman–Crippen LogP) is 1.80. The van der Waals surface area contributed by atoms with E-state index < -0.39 is 9.84 Å². The van der Waals surface area contributed by atoms with Crippen LogP contribution in [0.2, 0.25) is 0 Å². The van der Waals surface area contributed by atoms with Crippen LogP contribution in [0.3, 0.4) is 0 Å². The van der Waals surface area contributed by atoms with Gasteiger partial charge in [-0.15, -0.1) is 0 Å². The van der Waals surface area contributed by atoms with Crippen LogP contribution in [0, 0.1) is 5.41 Å². The summed E-state index contributed by atoms with van der Waals surface area (Å²) >= 11 is 0. The van der Waals surface area contributed by atoms with E-state index in [0.29, 0.717) is 12.5 Å². The maximum atomic E-state index is 11.1. The zero-order valence-electron chi connectivity index (χ0n) is 13.6. The second kappa shape index (κ2) is 9.21. The first-order chi connectivity index (χ1) is 9.20. The van der Waals surface area contributed by atoms with Gasteiger partial charge in [0.2, 0.25) is 0 Å². The summed E-state index contributed by atoms with van der Waals surface area (Å²) in [5, 5.41) is 6.29. The molecule has 0 radical (unpaired) electrons. The number of hydrogen-bond acceptors (Lipinski definition) is 3. The standard InChI is InChI=1S/C14H31N3O2S/c1-6-7-8-9-14(2,3)12-17-13(15-4)16-10-11-20(5,18)19/h6-12H2,1-5H3,(H2,15,16,17). The van der Waals surface area contributed by atoms with Crippen molar-refractivity contribution >= 4 is 15.8 Å². The Morgan fingerprint density at radius 1 is 1.20 bits per heavy atom. The van der Waals surface area contributed by atoms with Crippen molar-refractivity contribution in [2.45, 2.75) is 46.5 Å². The van der Waals surface area contributed by atoms with Crippen molar-refractivity contribution in [3.8, 4) is 0 Å². The molecule has 0 aliphatic heterocycles. The molecule has 0 bridgehead atoms. The minimum Gasteiger partial charge on any atom is -0.356 e. The minimum absolute atomic E-state index is 0.119. The van der Waals surface area contributed by atoms with Crippen molar-refractivity contribution in [2.24, 2.45) is 10.4 Å². The molecule has 2 N–H and O–H groups in total. The summed E-state index contributed by atoms with van der Waals surface area (Å²) in [7, 11) is -1.24. The van der Waals surface area contributed by atoms with E-state index in [-0.39, 0.29) is 11.2 Å². The van der Waals surface area contributed by atoms with Gasteiger partial charge in [0.05, 0.1) is 5.75 Å². The van der Waals surface area contributed by atoms with Crippen molar-refractivity contribution in [2.75, 3.05) is 32.1 Å². The van der Waals surface area contributed by atoms with Crippen LogP contribution in [0.15, 0.2) is 4.99 Å². The molecule has 0 aromatic rings. The summed E-state index contributed by atoms with van der Waals surface area (Å²) in [6.45, 7) is 7.89. The van der Waals surface area contributed by atoms with Crippen LogP contribution in [0.4, 0.5) is 0 Å². The van der Waals surface area contributed by atoms with Crippen LogP contribution in [-0.2, 0) is 9.84 Å². The van der Waals surface area contributed by atoms with Gasteiger partial charge in [0.1, 0.15) is 9.84 Å². The van der Waals surface area contributed by atoms with Crippen LogP contribution in [0.1, 0.15) is 46.5 Å². The van der Waals surface area contributed by atoms with Gasteiger partial charge in [-0.05, 0) is 11.8 Å². The van der Waals surface area contributed by atoms with Crippen molar-refractivity contribution in [3.63, 3.8) is 0 Å². The van der Waals surface area contributed by atoms with Crippen molar-refractivity contribution in [3.05, 3.63) is 0 Å². The van der Waals surface area contributed by atoms with E-state index in [4.69, 9.17) is 0 Å². The molecule has 0 saturated carbocycles. The highest BCUT2D eigenvalue weighted by molar-refractivity contribution is 7.90. The fourth-order valence-electron chi connectivity index (χ4n) is 1.84. The maximum Gasteiger partial charge on any atom is 0.191 e. The van der Waals surface area contributed by atoms with Gasteiger partial charge in [-0.3, -0.25) is 4.99 Å². The van der Waals surface area contributed by atoms with Crippen LogP contribution in [-0.4, -0.2) is 46.5 Å². The van der Waals surface area contributed by atoms with E-state index >= 15 is 0 Å². The summed E-state index contributed by atoms with van der Waals surface area (Å²) in [5.41, 5.74) is 0.212. The summed E-state index contributed by atoms with van der Waals surface area (Å²) in [6.07, 6.45) is 6.16. The van der Waals surface area contributed by atoms with Gasteiger partial charge < -0.3 is 10.6 Å². The van der Waals surface area contributed by atoms with E-state index in [1.807, 2.05) is 0 Å². The first kappa shape index (κ1) is 19.2. The molecule has 0 heterocycles. The molecule has 120 valence electrons. The molecule has 0 aliphatic rings. The Kier molecular flexibility index (Phi) is 8.85. The largest absolute Gasteiger partial charge is 0.356 e. The molecule has 0 spiro atoms. The quantitative estimate of drug-likeness (QED) is 0.387. The molecule has 20 heavy (non-hydrogen) atoms. The third-order valence-corrected chi connectivity index (χ3v) is 4.13. The molecule has 0 aliphatic carbocycles. The lowest BCUT2D eigenvalue weighted by Gasteiger charge is -2.26. The third kappa shape index (κ3) is 11.1. The molecule has 0 rings (SSSR count). The van der Waals surface area contributed by atoms with Gasteiger partial charge in [-0.25, -0.2) is 8.42 Å². The second-order valence-electron chi connectivity index (χ2n) is 6.10. The topological polar surface area (TPSA) is 70.6 Å². The molecule has 0 amide bonds. The van der Waals surface area contributed by atoms with Crippen LogP contribution in [0.5, 0.6) is 0 Å². The number of sulfone groups is 1. The zero-order valence-corrected chi connectivity index (χ0v) is 14.4. The third-order valence-electron chi connectivity index (χ3n) is 3.18. The number of nitrogens with one attached hydrogen (secondary N) is 2. The number of rotatable bonds is 9. The summed E-state index contributed by atoms with van der Waals surface area (Å²) in [6, 6.07) is 0. The fourth-order valence-corrected chi connectivity index (χ4v) is 2.31. The van der Waals surface area contributed by atoms with Gasteiger partial charge in [-0.1, -0.05) is 40.0 Å². The van der Waals surface area contributed by atoms with Gasteiger partial charge in [0.25, 0.3) is 0 Å². The van der Waals surface area contributed by atoms with Crippen LogP contribution >= 0.6 is 0 Å². The minimum atomic E-state index is -2.93. The summed E-state index contributed by atoms with van der Waals surface area (Å²) in [4.78, 5) is 4.11. The van der Waals surface area contributed by atoms with Crippen molar-refractivity contribution in [1.82, 2.24) is 10.6 Å². The molecule has 0 saturated heterocycles. The molecule has 5 nitrogen and oxygen atoms in total. The second-order valence-corrected chi connectivity index (χ2v) is 8.36. The molecule has 0 fully saturated rings. The number of nitrogens with zero attached hydrogens (tertiary/aromatic N) is 1. The van der Waals surface area contributed by atoms with Gasteiger partial charge in [0.15, 0.2) is 5.96 Å². The van der Waals surface area contributed by atoms with Crippen LogP contribution < -0.4 is 10.6 Å². The number of aliphatic imine (C=N–C) groups is 1. The Balaban J connectivity index is 4.06. The smallest absolute Gasteiger partial charge is 0.191 e. The van der Waals surface area contributed by atoms with E-state index in [2.05, 4.69) is 36.4 Å². The van der Waals surface area contributed by atoms with Crippen molar-refractivity contribution in [1.29, 1.82) is 0 Å².